The predicted molar refractivity (Wildman–Crippen MR) is 312 cm³/mol. The van der Waals surface area contributed by atoms with Gasteiger partial charge in [0.1, 0.15) is 39.8 Å². The second-order valence-corrected chi connectivity index (χ2v) is 23.2. The summed E-state index contributed by atoms with van der Waals surface area (Å²) in [5.74, 6) is 0. The maximum atomic E-state index is 10.2. The second-order valence-electron chi connectivity index (χ2n) is 16.0. The molecule has 0 radical (unpaired) electrons. The third-order valence-electron chi connectivity index (χ3n) is 8.77. The van der Waals surface area contributed by atoms with Crippen LogP contribution < -0.4 is 32.8 Å². The molecular formula is C56H56As4F4N16O12. The van der Waals surface area contributed by atoms with Gasteiger partial charge in [-0.15, -0.1) is 0 Å². The Morgan fingerprint density at radius 2 is 0.272 bits per heavy atom. The summed E-state index contributed by atoms with van der Waals surface area (Å²) in [6.45, 7) is 3.12. The van der Waals surface area contributed by atoms with Gasteiger partial charge in [0.2, 0.25) is 43.1 Å². The van der Waals surface area contributed by atoms with Crippen LogP contribution in [0.5, 0.6) is 0 Å². The molecule has 0 fully saturated rings. The predicted octanol–water partition coefficient (Wildman–Crippen LogP) is 6.49. The molecule has 8 aromatic rings. The molecule has 0 aliphatic heterocycles. The van der Waals surface area contributed by atoms with Crippen LogP contribution in [0, 0.1) is 43.1 Å². The van der Waals surface area contributed by atoms with Crippen molar-refractivity contribution < 1.29 is 61.6 Å². The minimum atomic E-state index is -6.12. The van der Waals surface area contributed by atoms with Crippen LogP contribution in [0.1, 0.15) is 44.5 Å². The zero-order valence-electron chi connectivity index (χ0n) is 48.1. The van der Waals surface area contributed by atoms with Crippen LogP contribution >= 0.6 is 0 Å². The summed E-state index contributed by atoms with van der Waals surface area (Å²) in [5.41, 5.74) is 8.22. The summed E-state index contributed by atoms with van der Waals surface area (Å²) in [5, 5.41) is 65.2. The van der Waals surface area contributed by atoms with Gasteiger partial charge in [0.25, 0.3) is 0 Å². The molecule has 0 heterocycles. The Morgan fingerprint density at radius 3 is 0.326 bits per heavy atom. The van der Waals surface area contributed by atoms with E-state index in [0.717, 1.165) is 44.5 Å². The zero-order chi connectivity index (χ0) is 70.2. The average molecular weight is 1520 g/mol. The van der Waals surface area contributed by atoms with E-state index in [4.69, 9.17) is 90.9 Å². The standard InChI is InChI=1S/8C7H7N2.4AsFH2O3/c8*8-9-6-7-4-2-1-3-5-7;4*2-1(3,4)5/h8*1-5H,6H2;4*(H2,3,4,5)/q8*+1;;;;/p-8. The van der Waals surface area contributed by atoms with Gasteiger partial charge >= 0.3 is 173 Å². The number of hydrogen-bond acceptors (Lipinski definition) is 20. The molecule has 0 spiro atoms. The van der Waals surface area contributed by atoms with Crippen molar-refractivity contribution in [2.24, 2.45) is 0 Å². The van der Waals surface area contributed by atoms with Gasteiger partial charge in [0, 0.05) is 44.5 Å². The van der Waals surface area contributed by atoms with E-state index in [1.165, 1.54) is 0 Å². The van der Waals surface area contributed by atoms with Crippen molar-refractivity contribution in [3.63, 3.8) is 0 Å². The second kappa shape index (κ2) is 58.6. The zero-order valence-corrected chi connectivity index (χ0v) is 55.6. The normalized spacial score (nSPS) is 9.09. The molecule has 0 amide bonds. The number of halogens is 4. The number of diazo groups is 8. The van der Waals surface area contributed by atoms with E-state index in [0.29, 0.717) is 52.4 Å². The molecular weight excluding hydrogens is 1460 g/mol. The molecule has 36 heteroatoms. The third-order valence-corrected chi connectivity index (χ3v) is 8.77. The minimum absolute atomic E-state index is 0.390. The van der Waals surface area contributed by atoms with E-state index in [-0.39, 0.29) is 0 Å². The van der Waals surface area contributed by atoms with Crippen molar-refractivity contribution in [1.82, 2.24) is 0 Å². The Kier molecular flexibility index (Phi) is 56.3. The van der Waals surface area contributed by atoms with Gasteiger partial charge < -0.3 is 0 Å². The summed E-state index contributed by atoms with van der Waals surface area (Å²) in [6, 6.07) is 76.8. The van der Waals surface area contributed by atoms with Crippen molar-refractivity contribution >= 4 is 58.6 Å². The third kappa shape index (κ3) is 82.0. The molecule has 0 aliphatic carbocycles. The SMILES string of the molecule is N#[N+]Cc1ccccc1.N#[N+]Cc1ccccc1.N#[N+]Cc1ccccc1.N#[N+]Cc1ccccc1.N#[N+]Cc1ccccc1.N#[N+]Cc1ccccc1.N#[N+]Cc1ccccc1.N#[N+]Cc1ccccc1.O=[As]([O-])([O-])F.O=[As]([O-])([O-])F.O=[As]([O-])([O-])F.O=[As]([O-])([O-])F. The molecule has 0 aromatic heterocycles. The molecule has 8 rings (SSSR count). The molecule has 92 heavy (non-hydrogen) atoms. The van der Waals surface area contributed by atoms with Gasteiger partial charge in [-0.3, -0.25) is 0 Å². The van der Waals surface area contributed by atoms with E-state index in [1.807, 2.05) is 243 Å². The first-order valence-electron chi connectivity index (χ1n) is 25.1. The molecule has 0 saturated carbocycles. The summed E-state index contributed by atoms with van der Waals surface area (Å²) >= 11 is -24.5. The van der Waals surface area contributed by atoms with E-state index in [1.54, 1.807) is 0 Å². The van der Waals surface area contributed by atoms with E-state index >= 15 is 0 Å². The van der Waals surface area contributed by atoms with Gasteiger partial charge in [-0.05, 0) is 0 Å². The van der Waals surface area contributed by atoms with Crippen molar-refractivity contribution in [1.29, 1.82) is 43.1 Å². The Labute approximate surface area is 539 Å². The number of hydrogen-bond donors (Lipinski definition) is 0. The van der Waals surface area contributed by atoms with E-state index in [9.17, 15) is 13.9 Å². The van der Waals surface area contributed by atoms with E-state index < -0.39 is 58.6 Å². The molecule has 480 valence electrons. The molecule has 0 saturated heterocycles. The monoisotopic (exact) mass is 1520 g/mol. The molecule has 0 atom stereocenters. The van der Waals surface area contributed by atoms with Gasteiger partial charge in [0.05, 0.1) is 0 Å². The number of benzene rings is 8. The van der Waals surface area contributed by atoms with Crippen LogP contribution in [0.3, 0.4) is 0 Å². The fourth-order valence-corrected chi connectivity index (χ4v) is 5.32. The van der Waals surface area contributed by atoms with Crippen molar-refractivity contribution in [2.75, 3.05) is 0 Å². The molecule has 0 aliphatic rings. The molecule has 28 nitrogen and oxygen atoms in total. The first kappa shape index (κ1) is 88.4. The van der Waals surface area contributed by atoms with Crippen molar-refractivity contribution in [3.8, 4) is 0 Å². The van der Waals surface area contributed by atoms with Crippen LogP contribution in [-0.4, -0.2) is 58.6 Å². The summed E-state index contributed by atoms with van der Waals surface area (Å²) in [6.07, 6.45) is 0. The first-order valence-corrected chi connectivity index (χ1v) is 37.1. The number of nitrogens with zero attached hydrogens (tertiary/aromatic N) is 16. The summed E-state index contributed by atoms with van der Waals surface area (Å²) < 4.78 is 143. The Balaban J connectivity index is -0.000000463. The van der Waals surface area contributed by atoms with Gasteiger partial charge in [-0.25, -0.2) is 0 Å². The van der Waals surface area contributed by atoms with Crippen molar-refractivity contribution in [2.45, 2.75) is 52.4 Å². The van der Waals surface area contributed by atoms with Gasteiger partial charge in [0.15, 0.2) is 0 Å². The number of rotatable bonds is 8. The summed E-state index contributed by atoms with van der Waals surface area (Å²) in [4.78, 5) is 24.0. The topological polar surface area (TPSA) is 478 Å². The first-order chi connectivity index (χ1) is 43.5. The maximum absolute atomic E-state index is 10.2. The van der Waals surface area contributed by atoms with E-state index in [2.05, 4.69) is 39.8 Å². The quantitative estimate of drug-likeness (QED) is 0.0891. The molecule has 8 aromatic carbocycles. The van der Waals surface area contributed by atoms with Crippen LogP contribution in [0.4, 0.5) is 13.9 Å². The fourth-order valence-electron chi connectivity index (χ4n) is 5.32. The van der Waals surface area contributed by atoms with Crippen LogP contribution in [0.15, 0.2) is 243 Å². The Hall–Kier alpha value is -10.0. The van der Waals surface area contributed by atoms with Crippen LogP contribution in [0.25, 0.3) is 39.8 Å². The average Bonchev–Trinajstić information content (AvgIpc) is 3.71. The Morgan fingerprint density at radius 1 is 0.207 bits per heavy atom. The Bertz CT molecular complexity index is 2980. The molecule has 0 unspecified atom stereocenters. The molecule has 0 N–H and O–H groups in total. The van der Waals surface area contributed by atoms with Crippen LogP contribution in [0.2, 0.25) is 0 Å². The van der Waals surface area contributed by atoms with Crippen LogP contribution in [-0.2, 0) is 67.3 Å². The molecule has 0 bridgehead atoms. The van der Waals surface area contributed by atoms with Gasteiger partial charge in [-0.1, -0.05) is 243 Å². The van der Waals surface area contributed by atoms with Crippen molar-refractivity contribution in [3.05, 3.63) is 327 Å². The summed E-state index contributed by atoms with van der Waals surface area (Å²) in [7, 11) is 0. The van der Waals surface area contributed by atoms with Gasteiger partial charge in [-0.2, -0.15) is 0 Å². The fraction of sp³-hybridized carbons (Fsp3) is 0.143.